The zero-order valence-corrected chi connectivity index (χ0v) is 18.2. The molecule has 0 saturated carbocycles. The number of rotatable bonds is 7. The minimum Gasteiger partial charge on any atom is -0.507 e. The lowest BCUT2D eigenvalue weighted by atomic mass is 10.1. The average Bonchev–Trinajstić information content (AvgIpc) is 3.18. The number of nitrogens with one attached hydrogen (secondary N) is 1. The third-order valence-electron chi connectivity index (χ3n) is 4.64. The number of phenols is 1. The van der Waals surface area contributed by atoms with Gasteiger partial charge in [0.2, 0.25) is 5.91 Å². The van der Waals surface area contributed by atoms with Gasteiger partial charge in [-0.15, -0.1) is 23.1 Å². The number of benzene rings is 3. The zero-order valence-electron chi connectivity index (χ0n) is 16.6. The lowest BCUT2D eigenvalue weighted by Gasteiger charge is -2.08. The van der Waals surface area contributed by atoms with Gasteiger partial charge in [0.15, 0.2) is 0 Å². The van der Waals surface area contributed by atoms with Crippen molar-refractivity contribution in [3.63, 3.8) is 0 Å². The molecule has 0 saturated heterocycles. The van der Waals surface area contributed by atoms with Crippen molar-refractivity contribution in [3.8, 4) is 16.3 Å². The van der Waals surface area contributed by atoms with Crippen LogP contribution in [0.25, 0.3) is 20.8 Å². The summed E-state index contributed by atoms with van der Waals surface area (Å²) in [5.41, 5.74) is 3.44. The van der Waals surface area contributed by atoms with E-state index in [-0.39, 0.29) is 11.7 Å². The van der Waals surface area contributed by atoms with Crippen LogP contribution in [0.15, 0.2) is 71.6 Å². The average molecular weight is 435 g/mol. The number of aromatic nitrogens is 1. The predicted octanol–water partition coefficient (Wildman–Crippen LogP) is 6.49. The monoisotopic (exact) mass is 434 g/mol. The molecule has 2 N–H and O–H groups in total. The van der Waals surface area contributed by atoms with E-state index in [0.29, 0.717) is 17.7 Å². The maximum atomic E-state index is 12.3. The molecule has 0 fully saturated rings. The third-order valence-corrected chi connectivity index (χ3v) is 6.81. The van der Waals surface area contributed by atoms with E-state index in [2.05, 4.69) is 41.5 Å². The normalized spacial score (nSPS) is 11.0. The first-order chi connectivity index (χ1) is 14.6. The number of para-hydroxylation sites is 1. The van der Waals surface area contributed by atoms with Crippen molar-refractivity contribution >= 4 is 44.9 Å². The summed E-state index contributed by atoms with van der Waals surface area (Å²) >= 11 is 3.28. The van der Waals surface area contributed by atoms with Crippen LogP contribution in [0.1, 0.15) is 18.4 Å². The number of thioether (sulfide) groups is 1. The van der Waals surface area contributed by atoms with Crippen LogP contribution in [0.3, 0.4) is 0 Å². The highest BCUT2D eigenvalue weighted by atomic mass is 32.2. The largest absolute Gasteiger partial charge is 0.507 e. The second kappa shape index (κ2) is 9.32. The lowest BCUT2D eigenvalue weighted by molar-refractivity contribution is -0.116. The first-order valence-electron chi connectivity index (χ1n) is 9.77. The molecule has 1 heterocycles. The number of hydrogen-bond acceptors (Lipinski definition) is 5. The first-order valence-corrected chi connectivity index (χ1v) is 11.6. The number of aromatic hydroxyl groups is 1. The molecule has 0 atom stereocenters. The number of amides is 1. The SMILES string of the molecule is Cc1ccc(SCCCC(=O)Nc2ccc(O)c(-c3nc4ccccc4s3)c2)cc1. The Morgan fingerprint density at radius 2 is 1.90 bits per heavy atom. The summed E-state index contributed by atoms with van der Waals surface area (Å²) in [4.78, 5) is 18.2. The molecular weight excluding hydrogens is 412 g/mol. The van der Waals surface area contributed by atoms with Gasteiger partial charge in [0, 0.05) is 17.0 Å². The first kappa shape index (κ1) is 20.4. The van der Waals surface area contributed by atoms with E-state index >= 15 is 0 Å². The highest BCUT2D eigenvalue weighted by Gasteiger charge is 2.12. The van der Waals surface area contributed by atoms with E-state index in [1.807, 2.05) is 24.3 Å². The molecule has 0 bridgehead atoms. The fourth-order valence-electron chi connectivity index (χ4n) is 3.05. The predicted molar refractivity (Wildman–Crippen MR) is 126 cm³/mol. The van der Waals surface area contributed by atoms with E-state index in [9.17, 15) is 9.90 Å². The van der Waals surface area contributed by atoms with Gasteiger partial charge in [-0.05, 0) is 61.6 Å². The van der Waals surface area contributed by atoms with Crippen LogP contribution in [0.2, 0.25) is 0 Å². The summed E-state index contributed by atoms with van der Waals surface area (Å²) in [5, 5.41) is 14.0. The van der Waals surface area contributed by atoms with Crippen molar-refractivity contribution < 1.29 is 9.90 Å². The van der Waals surface area contributed by atoms with Crippen molar-refractivity contribution in [3.05, 3.63) is 72.3 Å². The van der Waals surface area contributed by atoms with Gasteiger partial charge >= 0.3 is 0 Å². The summed E-state index contributed by atoms with van der Waals surface area (Å²) in [6.45, 7) is 2.07. The van der Waals surface area contributed by atoms with E-state index in [0.717, 1.165) is 27.4 Å². The lowest BCUT2D eigenvalue weighted by Crippen LogP contribution is -2.11. The van der Waals surface area contributed by atoms with Gasteiger partial charge in [-0.3, -0.25) is 4.79 Å². The Morgan fingerprint density at radius 3 is 2.70 bits per heavy atom. The van der Waals surface area contributed by atoms with E-state index in [4.69, 9.17) is 0 Å². The number of nitrogens with zero attached hydrogens (tertiary/aromatic N) is 1. The molecule has 0 radical (unpaired) electrons. The molecule has 4 rings (SSSR count). The molecule has 0 aliphatic rings. The Bertz CT molecular complexity index is 1140. The molecule has 30 heavy (non-hydrogen) atoms. The number of anilines is 1. The molecule has 6 heteroatoms. The van der Waals surface area contributed by atoms with Crippen LogP contribution < -0.4 is 5.32 Å². The summed E-state index contributed by atoms with van der Waals surface area (Å²) in [5.74, 6) is 1.02. The van der Waals surface area contributed by atoms with E-state index in [1.165, 1.54) is 21.8 Å². The number of hydrogen-bond donors (Lipinski definition) is 2. The Morgan fingerprint density at radius 1 is 1.10 bits per heavy atom. The van der Waals surface area contributed by atoms with Crippen LogP contribution in [0.5, 0.6) is 5.75 Å². The second-order valence-corrected chi connectivity index (χ2v) is 9.23. The van der Waals surface area contributed by atoms with Crippen molar-refractivity contribution in [2.75, 3.05) is 11.1 Å². The number of carbonyl (C=O) groups excluding carboxylic acids is 1. The van der Waals surface area contributed by atoms with Crippen LogP contribution in [0.4, 0.5) is 5.69 Å². The smallest absolute Gasteiger partial charge is 0.224 e. The summed E-state index contributed by atoms with van der Waals surface area (Å²) in [7, 11) is 0. The van der Waals surface area contributed by atoms with Gasteiger partial charge < -0.3 is 10.4 Å². The van der Waals surface area contributed by atoms with Gasteiger partial charge in [0.05, 0.1) is 15.8 Å². The second-order valence-electron chi connectivity index (χ2n) is 7.03. The highest BCUT2D eigenvalue weighted by molar-refractivity contribution is 7.99. The van der Waals surface area contributed by atoms with Crippen LogP contribution in [0, 0.1) is 6.92 Å². The Balaban J connectivity index is 1.35. The molecule has 152 valence electrons. The van der Waals surface area contributed by atoms with Gasteiger partial charge in [-0.25, -0.2) is 4.98 Å². The third kappa shape index (κ3) is 5.01. The summed E-state index contributed by atoms with van der Waals surface area (Å²) in [6.07, 6.45) is 1.25. The van der Waals surface area contributed by atoms with Crippen LogP contribution in [-0.2, 0) is 4.79 Å². The van der Waals surface area contributed by atoms with Crippen molar-refractivity contribution in [1.82, 2.24) is 4.98 Å². The minimum absolute atomic E-state index is 0.0274. The zero-order chi connectivity index (χ0) is 20.9. The van der Waals surface area contributed by atoms with Gasteiger partial charge in [-0.1, -0.05) is 29.8 Å². The topological polar surface area (TPSA) is 62.2 Å². The number of phenolic OH excluding ortho intramolecular Hbond substituents is 1. The molecule has 0 aliphatic carbocycles. The van der Waals surface area contributed by atoms with Crippen molar-refractivity contribution in [2.45, 2.75) is 24.7 Å². The fourth-order valence-corrected chi connectivity index (χ4v) is 4.90. The molecule has 4 nitrogen and oxygen atoms in total. The van der Waals surface area contributed by atoms with Crippen LogP contribution >= 0.6 is 23.1 Å². The van der Waals surface area contributed by atoms with Gasteiger partial charge in [-0.2, -0.15) is 0 Å². The Kier molecular flexibility index (Phi) is 6.35. The molecule has 1 amide bonds. The maximum absolute atomic E-state index is 12.3. The van der Waals surface area contributed by atoms with Crippen molar-refractivity contribution in [2.24, 2.45) is 0 Å². The van der Waals surface area contributed by atoms with E-state index in [1.54, 1.807) is 30.0 Å². The van der Waals surface area contributed by atoms with Gasteiger partial charge in [0.1, 0.15) is 10.8 Å². The minimum atomic E-state index is -0.0274. The Hall–Kier alpha value is -2.83. The number of thiazole rings is 1. The molecule has 3 aromatic carbocycles. The molecular formula is C24H22N2O2S2. The quantitative estimate of drug-likeness (QED) is 0.198. The van der Waals surface area contributed by atoms with Crippen LogP contribution in [-0.4, -0.2) is 21.8 Å². The fraction of sp³-hybridized carbons (Fsp3) is 0.167. The highest BCUT2D eigenvalue weighted by Crippen LogP contribution is 2.36. The summed E-state index contributed by atoms with van der Waals surface area (Å²) < 4.78 is 1.06. The Labute approximate surface area is 184 Å². The molecule has 4 aromatic rings. The molecule has 0 aliphatic heterocycles. The molecule has 1 aromatic heterocycles. The maximum Gasteiger partial charge on any atom is 0.224 e. The summed E-state index contributed by atoms with van der Waals surface area (Å²) in [6, 6.07) is 21.4. The van der Waals surface area contributed by atoms with Gasteiger partial charge in [0.25, 0.3) is 0 Å². The molecule has 0 unspecified atom stereocenters. The van der Waals surface area contributed by atoms with Crippen molar-refractivity contribution in [1.29, 1.82) is 0 Å². The number of carbonyl (C=O) groups is 1. The number of fused-ring (bicyclic) bond motifs is 1. The number of aryl methyl sites for hydroxylation is 1. The van der Waals surface area contributed by atoms with E-state index < -0.39 is 0 Å². The molecule has 0 spiro atoms. The standard InChI is InChI=1S/C24H22N2O2S2/c1-16-8-11-18(12-9-16)29-14-4-7-23(28)25-17-10-13-21(27)19(15-17)24-26-20-5-2-3-6-22(20)30-24/h2-3,5-6,8-13,15,27H,4,7,14H2,1H3,(H,25,28).